The zero-order chi connectivity index (χ0) is 16.4. The van der Waals surface area contributed by atoms with Crippen molar-refractivity contribution in [2.45, 2.75) is 0 Å². The van der Waals surface area contributed by atoms with E-state index >= 15 is 0 Å². The number of aromatic nitrogens is 2. The first-order valence-corrected chi connectivity index (χ1v) is 9.12. The first-order chi connectivity index (χ1) is 11.8. The van der Waals surface area contributed by atoms with Crippen LogP contribution in [0.4, 0.5) is 0 Å². The van der Waals surface area contributed by atoms with Crippen LogP contribution in [0.25, 0.3) is 22.5 Å². The predicted octanol–water partition coefficient (Wildman–Crippen LogP) is 5.16. The molecule has 3 nitrogen and oxygen atoms in total. The lowest BCUT2D eigenvalue weighted by molar-refractivity contribution is 0.104. The van der Waals surface area contributed by atoms with Gasteiger partial charge in [-0.15, -0.1) is 22.7 Å². The van der Waals surface area contributed by atoms with Crippen LogP contribution in [0.15, 0.2) is 71.7 Å². The highest BCUT2D eigenvalue weighted by molar-refractivity contribution is 7.16. The Balaban J connectivity index is 1.61. The van der Waals surface area contributed by atoms with Crippen molar-refractivity contribution in [1.82, 2.24) is 9.97 Å². The predicted molar refractivity (Wildman–Crippen MR) is 98.5 cm³/mol. The van der Waals surface area contributed by atoms with E-state index in [1.807, 2.05) is 59.3 Å². The lowest BCUT2D eigenvalue weighted by Crippen LogP contribution is -1.94. The second kappa shape index (κ2) is 6.47. The van der Waals surface area contributed by atoms with Crippen LogP contribution in [0.5, 0.6) is 0 Å². The lowest BCUT2D eigenvalue weighted by atomic mass is 10.1. The molecule has 0 amide bonds. The molecule has 0 saturated carbocycles. The molecular weight excluding hydrogens is 336 g/mol. The van der Waals surface area contributed by atoms with Crippen molar-refractivity contribution in [3.05, 3.63) is 81.4 Å². The van der Waals surface area contributed by atoms with Gasteiger partial charge < -0.3 is 0 Å². The van der Waals surface area contributed by atoms with E-state index in [0.29, 0.717) is 0 Å². The molecule has 0 fully saturated rings. The van der Waals surface area contributed by atoms with Gasteiger partial charge in [-0.25, -0.2) is 0 Å². The largest absolute Gasteiger partial charge is 0.287 e. The van der Waals surface area contributed by atoms with E-state index in [1.54, 1.807) is 12.4 Å². The van der Waals surface area contributed by atoms with Crippen molar-refractivity contribution >= 4 is 28.5 Å². The molecule has 4 heterocycles. The van der Waals surface area contributed by atoms with E-state index < -0.39 is 0 Å². The quantitative estimate of drug-likeness (QED) is 0.478. The number of carbonyl (C=O) groups excluding carboxylic acids is 1. The summed E-state index contributed by atoms with van der Waals surface area (Å²) in [7, 11) is 0. The summed E-state index contributed by atoms with van der Waals surface area (Å²) in [6.07, 6.45) is 3.51. The van der Waals surface area contributed by atoms with Crippen LogP contribution in [-0.4, -0.2) is 15.8 Å². The summed E-state index contributed by atoms with van der Waals surface area (Å²) >= 11 is 2.91. The zero-order valence-electron chi connectivity index (χ0n) is 12.5. The molecule has 5 heteroatoms. The molecule has 4 aromatic rings. The van der Waals surface area contributed by atoms with Crippen molar-refractivity contribution in [1.29, 1.82) is 0 Å². The first kappa shape index (κ1) is 14.9. The van der Waals surface area contributed by atoms with Crippen molar-refractivity contribution in [2.24, 2.45) is 0 Å². The van der Waals surface area contributed by atoms with E-state index in [4.69, 9.17) is 0 Å². The van der Waals surface area contributed by atoms with Gasteiger partial charge in [0.15, 0.2) is 0 Å². The smallest absolute Gasteiger partial charge is 0.212 e. The number of pyridine rings is 2. The number of nitrogens with zero attached hydrogens (tertiary/aromatic N) is 2. The summed E-state index contributed by atoms with van der Waals surface area (Å²) in [5.41, 5.74) is 3.72. The normalized spacial score (nSPS) is 10.7. The van der Waals surface area contributed by atoms with Gasteiger partial charge in [0, 0.05) is 34.3 Å². The Morgan fingerprint density at radius 2 is 1.25 bits per heavy atom. The minimum absolute atomic E-state index is 0.0503. The van der Waals surface area contributed by atoms with Crippen LogP contribution >= 0.6 is 22.7 Å². The highest BCUT2D eigenvalue weighted by atomic mass is 32.1. The molecule has 24 heavy (non-hydrogen) atoms. The molecule has 0 spiro atoms. The third-order valence-electron chi connectivity index (χ3n) is 3.57. The van der Waals surface area contributed by atoms with Crippen LogP contribution in [0.1, 0.15) is 14.5 Å². The fourth-order valence-corrected chi connectivity index (χ4v) is 4.14. The van der Waals surface area contributed by atoms with E-state index in [2.05, 4.69) is 9.97 Å². The Bertz CT molecular complexity index is 895. The topological polar surface area (TPSA) is 42.9 Å². The minimum Gasteiger partial charge on any atom is -0.287 e. The molecule has 4 aromatic heterocycles. The van der Waals surface area contributed by atoms with Crippen molar-refractivity contribution in [3.63, 3.8) is 0 Å². The molecule has 0 aliphatic heterocycles. The summed E-state index contributed by atoms with van der Waals surface area (Å²) in [6, 6.07) is 15.4. The molecule has 0 aliphatic rings. The number of ketones is 1. The average molecular weight is 348 g/mol. The highest BCUT2D eigenvalue weighted by Gasteiger charge is 2.16. The molecule has 0 atom stereocenters. The Kier molecular flexibility index (Phi) is 4.02. The second-order valence-electron chi connectivity index (χ2n) is 5.16. The molecule has 0 aliphatic carbocycles. The van der Waals surface area contributed by atoms with Crippen molar-refractivity contribution < 1.29 is 4.79 Å². The van der Waals surface area contributed by atoms with E-state index in [9.17, 15) is 4.79 Å². The van der Waals surface area contributed by atoms with Crippen LogP contribution in [0, 0.1) is 0 Å². The summed E-state index contributed by atoms with van der Waals surface area (Å²) in [6.45, 7) is 0. The van der Waals surface area contributed by atoms with Crippen LogP contribution < -0.4 is 0 Å². The van der Waals surface area contributed by atoms with Gasteiger partial charge in [-0.05, 0) is 36.4 Å². The van der Waals surface area contributed by atoms with Crippen molar-refractivity contribution in [3.8, 4) is 22.5 Å². The first-order valence-electron chi connectivity index (χ1n) is 7.36. The molecule has 0 unspecified atom stereocenters. The third-order valence-corrected chi connectivity index (χ3v) is 5.43. The third kappa shape index (κ3) is 2.91. The molecular formula is C19H12N2OS2. The van der Waals surface area contributed by atoms with Gasteiger partial charge >= 0.3 is 0 Å². The molecule has 0 N–H and O–H groups in total. The van der Waals surface area contributed by atoms with Gasteiger partial charge in [-0.1, -0.05) is 12.1 Å². The van der Waals surface area contributed by atoms with E-state index in [0.717, 1.165) is 32.3 Å². The number of thiophene rings is 2. The number of hydrogen-bond acceptors (Lipinski definition) is 5. The summed E-state index contributed by atoms with van der Waals surface area (Å²) < 4.78 is 0. The molecule has 4 rings (SSSR count). The maximum absolute atomic E-state index is 12.7. The molecule has 116 valence electrons. The van der Waals surface area contributed by atoms with Gasteiger partial charge in [0.2, 0.25) is 5.78 Å². The number of rotatable bonds is 4. The van der Waals surface area contributed by atoms with Gasteiger partial charge in [0.1, 0.15) is 0 Å². The van der Waals surface area contributed by atoms with E-state index in [1.165, 1.54) is 22.7 Å². The fourth-order valence-electron chi connectivity index (χ4n) is 2.37. The zero-order valence-corrected chi connectivity index (χ0v) is 14.2. The Morgan fingerprint density at radius 3 is 1.67 bits per heavy atom. The number of hydrogen-bond donors (Lipinski definition) is 0. The lowest BCUT2D eigenvalue weighted by Gasteiger charge is -1.95. The van der Waals surface area contributed by atoms with Gasteiger partial charge in [-0.2, -0.15) is 0 Å². The number of carbonyl (C=O) groups is 1. The summed E-state index contributed by atoms with van der Waals surface area (Å²) in [5.74, 6) is 0.0503. The Hall–Kier alpha value is -2.63. The average Bonchev–Trinajstić information content (AvgIpc) is 3.33. The second-order valence-corrected chi connectivity index (χ2v) is 6.98. The highest BCUT2D eigenvalue weighted by Crippen LogP contribution is 2.29. The molecule has 0 bridgehead atoms. The van der Waals surface area contributed by atoms with Gasteiger partial charge in [0.05, 0.1) is 21.1 Å². The molecule has 0 aromatic carbocycles. The Labute approximate surface area is 147 Å². The van der Waals surface area contributed by atoms with E-state index in [-0.39, 0.29) is 5.78 Å². The maximum Gasteiger partial charge on any atom is 0.212 e. The van der Waals surface area contributed by atoms with Crippen LogP contribution in [-0.2, 0) is 0 Å². The van der Waals surface area contributed by atoms with Crippen molar-refractivity contribution in [2.75, 3.05) is 0 Å². The minimum atomic E-state index is 0.0503. The summed E-state index contributed by atoms with van der Waals surface area (Å²) in [4.78, 5) is 22.8. The monoisotopic (exact) mass is 348 g/mol. The summed E-state index contributed by atoms with van der Waals surface area (Å²) in [5, 5.41) is 3.95. The van der Waals surface area contributed by atoms with Crippen LogP contribution in [0.3, 0.4) is 0 Å². The van der Waals surface area contributed by atoms with Gasteiger partial charge in [-0.3, -0.25) is 14.8 Å². The Morgan fingerprint density at radius 1 is 0.750 bits per heavy atom. The standard InChI is InChI=1S/C19H12N2OS2/c22-19(17-9-13(11-23-17)15-5-1-3-7-20-15)18-10-14(12-24-18)16-6-2-4-8-21-16/h1-12H. The van der Waals surface area contributed by atoms with Crippen LogP contribution in [0.2, 0.25) is 0 Å². The molecule has 0 saturated heterocycles. The fraction of sp³-hybridized carbons (Fsp3) is 0. The molecule has 0 radical (unpaired) electrons. The SMILES string of the molecule is O=C(c1cc(-c2ccccn2)cs1)c1cc(-c2ccccn2)cs1. The maximum atomic E-state index is 12.7. The van der Waals surface area contributed by atoms with Gasteiger partial charge in [0.25, 0.3) is 0 Å².